The van der Waals surface area contributed by atoms with Crippen LogP contribution < -0.4 is 5.32 Å². The molecule has 0 radical (unpaired) electrons. The molecule has 0 saturated carbocycles. The Morgan fingerprint density at radius 2 is 2.18 bits per heavy atom. The average Bonchev–Trinajstić information content (AvgIpc) is 1.88. The largest absolute Gasteiger partial charge is 0.374 e. The van der Waals surface area contributed by atoms with E-state index in [-0.39, 0.29) is 12.4 Å². The maximum absolute atomic E-state index is 5.63. The molecule has 1 heterocycles. The minimum Gasteiger partial charge on any atom is -0.374 e. The van der Waals surface area contributed by atoms with Gasteiger partial charge in [-0.25, -0.2) is 0 Å². The van der Waals surface area contributed by atoms with Crippen molar-refractivity contribution in [3.63, 3.8) is 0 Å². The van der Waals surface area contributed by atoms with Gasteiger partial charge in [-0.1, -0.05) is 0 Å². The van der Waals surface area contributed by atoms with E-state index in [1.807, 2.05) is 0 Å². The smallest absolute Gasteiger partial charge is 0.0703 e. The summed E-state index contributed by atoms with van der Waals surface area (Å²) in [6.07, 6.45) is 3.33. The van der Waals surface area contributed by atoms with Gasteiger partial charge in [0.25, 0.3) is 0 Å². The van der Waals surface area contributed by atoms with Crippen molar-refractivity contribution in [3.8, 4) is 0 Å². The first kappa shape index (κ1) is 11.2. The summed E-state index contributed by atoms with van der Waals surface area (Å²) in [7, 11) is 0. The Labute approximate surface area is 75.1 Å². The second-order valence-electron chi connectivity index (χ2n) is 3.15. The maximum Gasteiger partial charge on any atom is 0.0703 e. The minimum absolute atomic E-state index is 0. The highest BCUT2D eigenvalue weighted by molar-refractivity contribution is 5.85. The van der Waals surface area contributed by atoms with Crippen LogP contribution in [0.3, 0.4) is 0 Å². The van der Waals surface area contributed by atoms with E-state index in [1.165, 1.54) is 12.8 Å². The van der Waals surface area contributed by atoms with Gasteiger partial charge in [-0.15, -0.1) is 12.4 Å². The molecule has 0 spiro atoms. The molecule has 3 heteroatoms. The Kier molecular flexibility index (Phi) is 5.92. The van der Waals surface area contributed by atoms with Gasteiger partial charge >= 0.3 is 0 Å². The SMILES string of the molecule is CC(C)OC1CCCNC1.Cl. The molecule has 0 amide bonds. The van der Waals surface area contributed by atoms with Crippen molar-refractivity contribution in [3.05, 3.63) is 0 Å². The molecule has 0 aromatic rings. The van der Waals surface area contributed by atoms with Gasteiger partial charge in [0.15, 0.2) is 0 Å². The van der Waals surface area contributed by atoms with Crippen molar-refractivity contribution in [2.45, 2.75) is 38.9 Å². The summed E-state index contributed by atoms with van der Waals surface area (Å²) in [6, 6.07) is 0. The Morgan fingerprint density at radius 1 is 1.45 bits per heavy atom. The molecule has 1 saturated heterocycles. The minimum atomic E-state index is 0. The highest BCUT2D eigenvalue weighted by atomic mass is 35.5. The lowest BCUT2D eigenvalue weighted by Crippen LogP contribution is -2.36. The predicted molar refractivity (Wildman–Crippen MR) is 49.4 cm³/mol. The number of piperidine rings is 1. The first-order valence-electron chi connectivity index (χ1n) is 4.15. The van der Waals surface area contributed by atoms with Gasteiger partial charge < -0.3 is 10.1 Å². The standard InChI is InChI=1S/C8H17NO.ClH/c1-7(2)10-8-4-3-5-9-6-8;/h7-9H,3-6H2,1-2H3;1H. The average molecular weight is 180 g/mol. The molecule has 2 nitrogen and oxygen atoms in total. The van der Waals surface area contributed by atoms with E-state index < -0.39 is 0 Å². The van der Waals surface area contributed by atoms with Crippen LogP contribution in [0.2, 0.25) is 0 Å². The van der Waals surface area contributed by atoms with Crippen LogP contribution in [0.1, 0.15) is 26.7 Å². The molecular formula is C8H18ClNO. The lowest BCUT2D eigenvalue weighted by atomic mass is 10.1. The quantitative estimate of drug-likeness (QED) is 0.695. The predicted octanol–water partition coefficient (Wildman–Crippen LogP) is 1.59. The fourth-order valence-corrected chi connectivity index (χ4v) is 1.32. The summed E-state index contributed by atoms with van der Waals surface area (Å²) < 4.78 is 5.63. The maximum atomic E-state index is 5.63. The third-order valence-corrected chi connectivity index (χ3v) is 1.72. The third kappa shape index (κ3) is 4.62. The number of ether oxygens (including phenoxy) is 1. The van der Waals surface area contributed by atoms with E-state index in [0.29, 0.717) is 12.2 Å². The molecular weight excluding hydrogens is 162 g/mol. The Hall–Kier alpha value is 0.210. The molecule has 0 aromatic carbocycles. The van der Waals surface area contributed by atoms with Crippen LogP contribution in [0.5, 0.6) is 0 Å². The molecule has 1 rings (SSSR count). The molecule has 11 heavy (non-hydrogen) atoms. The Morgan fingerprint density at radius 3 is 2.64 bits per heavy atom. The summed E-state index contributed by atoms with van der Waals surface area (Å²) in [5.41, 5.74) is 0. The van der Waals surface area contributed by atoms with Gasteiger partial charge in [0.2, 0.25) is 0 Å². The molecule has 0 bridgehead atoms. The monoisotopic (exact) mass is 179 g/mol. The van der Waals surface area contributed by atoms with Gasteiger partial charge in [0, 0.05) is 6.54 Å². The topological polar surface area (TPSA) is 21.3 Å². The first-order chi connectivity index (χ1) is 4.79. The highest BCUT2D eigenvalue weighted by Gasteiger charge is 2.13. The van der Waals surface area contributed by atoms with Gasteiger partial charge in [0.1, 0.15) is 0 Å². The number of hydrogen-bond donors (Lipinski definition) is 1. The fraction of sp³-hybridized carbons (Fsp3) is 1.00. The van der Waals surface area contributed by atoms with Crippen molar-refractivity contribution in [2.75, 3.05) is 13.1 Å². The second-order valence-corrected chi connectivity index (χ2v) is 3.15. The summed E-state index contributed by atoms with van der Waals surface area (Å²) in [5.74, 6) is 0. The van der Waals surface area contributed by atoms with Crippen LogP contribution in [0.25, 0.3) is 0 Å². The molecule has 1 N–H and O–H groups in total. The van der Waals surface area contributed by atoms with E-state index in [1.54, 1.807) is 0 Å². The van der Waals surface area contributed by atoms with Crippen LogP contribution in [-0.2, 0) is 4.74 Å². The zero-order valence-electron chi connectivity index (χ0n) is 7.30. The van der Waals surface area contributed by atoms with Crippen molar-refractivity contribution in [1.29, 1.82) is 0 Å². The van der Waals surface area contributed by atoms with E-state index in [4.69, 9.17) is 4.74 Å². The van der Waals surface area contributed by atoms with E-state index in [2.05, 4.69) is 19.2 Å². The fourth-order valence-electron chi connectivity index (χ4n) is 1.32. The zero-order chi connectivity index (χ0) is 7.40. The summed E-state index contributed by atoms with van der Waals surface area (Å²) in [6.45, 7) is 6.39. The number of nitrogens with one attached hydrogen (secondary N) is 1. The van der Waals surface area contributed by atoms with Crippen LogP contribution >= 0.6 is 12.4 Å². The third-order valence-electron chi connectivity index (χ3n) is 1.72. The molecule has 1 aliphatic rings. The van der Waals surface area contributed by atoms with E-state index in [9.17, 15) is 0 Å². The number of rotatable bonds is 2. The van der Waals surface area contributed by atoms with Crippen LogP contribution in [0.15, 0.2) is 0 Å². The molecule has 1 atom stereocenters. The van der Waals surface area contributed by atoms with Crippen molar-refractivity contribution in [2.24, 2.45) is 0 Å². The summed E-state index contributed by atoms with van der Waals surface area (Å²) in [5, 5.41) is 3.32. The van der Waals surface area contributed by atoms with E-state index >= 15 is 0 Å². The van der Waals surface area contributed by atoms with Crippen molar-refractivity contribution in [1.82, 2.24) is 5.32 Å². The lowest BCUT2D eigenvalue weighted by molar-refractivity contribution is -0.00426. The van der Waals surface area contributed by atoms with Gasteiger partial charge in [-0.05, 0) is 33.2 Å². The zero-order valence-corrected chi connectivity index (χ0v) is 8.12. The first-order valence-corrected chi connectivity index (χ1v) is 4.15. The normalized spacial score (nSPS) is 24.8. The van der Waals surface area contributed by atoms with Gasteiger partial charge in [0.05, 0.1) is 12.2 Å². The molecule has 0 aliphatic carbocycles. The molecule has 1 aliphatic heterocycles. The number of hydrogen-bond acceptors (Lipinski definition) is 2. The summed E-state index contributed by atoms with van der Waals surface area (Å²) in [4.78, 5) is 0. The van der Waals surface area contributed by atoms with E-state index in [0.717, 1.165) is 13.1 Å². The van der Waals surface area contributed by atoms with Crippen LogP contribution in [0.4, 0.5) is 0 Å². The van der Waals surface area contributed by atoms with Gasteiger partial charge in [-0.2, -0.15) is 0 Å². The molecule has 0 aromatic heterocycles. The highest BCUT2D eigenvalue weighted by Crippen LogP contribution is 2.07. The van der Waals surface area contributed by atoms with Crippen molar-refractivity contribution >= 4 is 12.4 Å². The van der Waals surface area contributed by atoms with Gasteiger partial charge in [-0.3, -0.25) is 0 Å². The number of halogens is 1. The Bertz CT molecular complexity index is 92.1. The Balaban J connectivity index is 0.000001000. The second kappa shape index (κ2) is 5.81. The molecule has 1 unspecified atom stereocenters. The lowest BCUT2D eigenvalue weighted by Gasteiger charge is -2.24. The summed E-state index contributed by atoms with van der Waals surface area (Å²) >= 11 is 0. The van der Waals surface area contributed by atoms with Crippen LogP contribution in [0, 0.1) is 0 Å². The molecule has 68 valence electrons. The van der Waals surface area contributed by atoms with Crippen LogP contribution in [-0.4, -0.2) is 25.3 Å². The molecule has 1 fully saturated rings. The van der Waals surface area contributed by atoms with Crippen molar-refractivity contribution < 1.29 is 4.74 Å².